The number of hydrogen-bond acceptors (Lipinski definition) is 7. The van der Waals surface area contributed by atoms with E-state index in [1.54, 1.807) is 6.20 Å². The SMILES string of the molecule is Nc1nc(NCCCO)c2ccc(-c3ccn[nH]3)cc2n1.O=CO. The molecule has 1 aromatic carbocycles. The highest BCUT2D eigenvalue weighted by Gasteiger charge is 2.08. The number of nitrogens with zero attached hydrogens (tertiary/aromatic N) is 3. The molecule has 0 spiro atoms. The summed E-state index contributed by atoms with van der Waals surface area (Å²) < 4.78 is 0. The number of H-pyrrole nitrogens is 1. The van der Waals surface area contributed by atoms with E-state index in [9.17, 15) is 0 Å². The zero-order valence-corrected chi connectivity index (χ0v) is 12.8. The molecule has 24 heavy (non-hydrogen) atoms. The molecule has 126 valence electrons. The first kappa shape index (κ1) is 17.2. The molecule has 0 atom stereocenters. The highest BCUT2D eigenvalue weighted by atomic mass is 16.3. The van der Waals surface area contributed by atoms with Gasteiger partial charge in [-0.05, 0) is 24.6 Å². The van der Waals surface area contributed by atoms with E-state index in [4.69, 9.17) is 20.7 Å². The maximum Gasteiger partial charge on any atom is 0.290 e. The van der Waals surface area contributed by atoms with Crippen LogP contribution in [0.5, 0.6) is 0 Å². The van der Waals surface area contributed by atoms with Crippen LogP contribution in [0.3, 0.4) is 0 Å². The van der Waals surface area contributed by atoms with Gasteiger partial charge in [0.2, 0.25) is 5.95 Å². The van der Waals surface area contributed by atoms with Gasteiger partial charge in [-0.2, -0.15) is 10.1 Å². The minimum absolute atomic E-state index is 0.134. The number of nitrogen functional groups attached to an aromatic ring is 1. The van der Waals surface area contributed by atoms with Gasteiger partial charge >= 0.3 is 0 Å². The standard InChI is InChI=1S/C14H16N6O.CH2O2/c15-14-18-12-8-9(11-4-6-17-20-11)2-3-10(12)13(19-14)16-5-1-7-21;2-1-3/h2-4,6,8,21H,1,5,7H2,(H,17,20)(H3,15,16,18,19);1H,(H,2,3). The van der Waals surface area contributed by atoms with Crippen LogP contribution in [-0.4, -0.2) is 50.0 Å². The summed E-state index contributed by atoms with van der Waals surface area (Å²) in [5, 5.41) is 26.7. The fraction of sp³-hybridized carbons (Fsp3) is 0.200. The van der Waals surface area contributed by atoms with Crippen molar-refractivity contribution in [3.8, 4) is 11.3 Å². The Kier molecular flexibility index (Phi) is 6.03. The van der Waals surface area contributed by atoms with E-state index >= 15 is 0 Å². The Hall–Kier alpha value is -3.20. The van der Waals surface area contributed by atoms with E-state index in [1.807, 2.05) is 24.3 Å². The third-order valence-electron chi connectivity index (χ3n) is 3.15. The normalized spacial score (nSPS) is 10.0. The third-order valence-corrected chi connectivity index (χ3v) is 3.15. The van der Waals surface area contributed by atoms with Gasteiger partial charge in [-0.25, -0.2) is 4.98 Å². The number of rotatable bonds is 5. The number of hydrogen-bond donors (Lipinski definition) is 5. The number of carboxylic acid groups (broad SMARTS) is 1. The molecule has 0 bridgehead atoms. The van der Waals surface area contributed by atoms with Crippen LogP contribution in [0.1, 0.15) is 6.42 Å². The molecule has 9 nitrogen and oxygen atoms in total. The van der Waals surface area contributed by atoms with Crippen LogP contribution in [0.15, 0.2) is 30.5 Å². The fourth-order valence-corrected chi connectivity index (χ4v) is 2.15. The predicted molar refractivity (Wildman–Crippen MR) is 90.4 cm³/mol. The van der Waals surface area contributed by atoms with E-state index in [0.29, 0.717) is 18.8 Å². The molecule has 0 aliphatic rings. The summed E-state index contributed by atoms with van der Waals surface area (Å²) in [5.41, 5.74) is 8.44. The number of aliphatic hydroxyl groups is 1. The number of nitrogens with two attached hydrogens (primary N) is 1. The molecule has 0 radical (unpaired) electrons. The highest BCUT2D eigenvalue weighted by molar-refractivity contribution is 5.92. The zero-order chi connectivity index (χ0) is 17.4. The maximum absolute atomic E-state index is 8.85. The summed E-state index contributed by atoms with van der Waals surface area (Å²) in [7, 11) is 0. The molecule has 0 saturated carbocycles. The number of anilines is 2. The Bertz CT molecular complexity index is 791. The fourth-order valence-electron chi connectivity index (χ4n) is 2.15. The van der Waals surface area contributed by atoms with E-state index < -0.39 is 0 Å². The number of benzene rings is 1. The molecule has 2 aromatic heterocycles. The molecule has 9 heteroatoms. The van der Waals surface area contributed by atoms with Crippen LogP contribution in [-0.2, 0) is 4.79 Å². The first-order valence-corrected chi connectivity index (χ1v) is 7.19. The summed E-state index contributed by atoms with van der Waals surface area (Å²) in [6.45, 7) is 0.514. The lowest BCUT2D eigenvalue weighted by atomic mass is 10.1. The van der Waals surface area contributed by atoms with Gasteiger partial charge in [-0.3, -0.25) is 9.89 Å². The van der Waals surface area contributed by atoms with Gasteiger partial charge in [-0.15, -0.1) is 0 Å². The Morgan fingerprint density at radius 1 is 1.29 bits per heavy atom. The van der Waals surface area contributed by atoms with Crippen LogP contribution >= 0.6 is 0 Å². The second-order valence-electron chi connectivity index (χ2n) is 4.74. The van der Waals surface area contributed by atoms with E-state index in [-0.39, 0.29) is 19.0 Å². The van der Waals surface area contributed by atoms with Crippen LogP contribution in [0.25, 0.3) is 22.2 Å². The number of fused-ring (bicyclic) bond motifs is 1. The van der Waals surface area contributed by atoms with Gasteiger partial charge in [0.05, 0.1) is 11.2 Å². The smallest absolute Gasteiger partial charge is 0.290 e. The Labute approximate surface area is 137 Å². The van der Waals surface area contributed by atoms with Crippen molar-refractivity contribution in [3.05, 3.63) is 30.5 Å². The van der Waals surface area contributed by atoms with E-state index in [0.717, 1.165) is 22.2 Å². The summed E-state index contributed by atoms with van der Waals surface area (Å²) in [5.74, 6) is 0.901. The summed E-state index contributed by atoms with van der Waals surface area (Å²) in [6.07, 6.45) is 2.35. The third kappa shape index (κ3) is 4.17. The molecule has 0 amide bonds. The number of nitrogens with one attached hydrogen (secondary N) is 2. The summed E-state index contributed by atoms with van der Waals surface area (Å²) in [4.78, 5) is 16.9. The minimum Gasteiger partial charge on any atom is -0.483 e. The van der Waals surface area contributed by atoms with E-state index in [2.05, 4.69) is 25.5 Å². The number of carbonyl (C=O) groups is 1. The zero-order valence-electron chi connectivity index (χ0n) is 12.8. The first-order valence-electron chi connectivity index (χ1n) is 7.19. The van der Waals surface area contributed by atoms with E-state index in [1.165, 1.54) is 0 Å². The van der Waals surface area contributed by atoms with Crippen LogP contribution in [0.2, 0.25) is 0 Å². The lowest BCUT2D eigenvalue weighted by Crippen LogP contribution is -2.08. The molecule has 0 aliphatic carbocycles. The topological polar surface area (TPSA) is 150 Å². The quantitative estimate of drug-likeness (QED) is 0.345. The van der Waals surface area contributed by atoms with Gasteiger partial charge in [-0.1, -0.05) is 6.07 Å². The first-order chi connectivity index (χ1) is 11.7. The molecule has 3 rings (SSSR count). The van der Waals surface area contributed by atoms with Crippen molar-refractivity contribution >= 4 is 29.1 Å². The molecule has 0 fully saturated rings. The average molecular weight is 330 g/mol. The van der Waals surface area contributed by atoms with Crippen molar-refractivity contribution in [3.63, 3.8) is 0 Å². The lowest BCUT2D eigenvalue weighted by molar-refractivity contribution is -0.122. The second-order valence-corrected chi connectivity index (χ2v) is 4.74. The Balaban J connectivity index is 0.000000647. The van der Waals surface area contributed by atoms with Crippen LogP contribution in [0.4, 0.5) is 11.8 Å². The Morgan fingerprint density at radius 2 is 2.08 bits per heavy atom. The maximum atomic E-state index is 8.85. The number of aromatic amines is 1. The highest BCUT2D eigenvalue weighted by Crippen LogP contribution is 2.26. The monoisotopic (exact) mass is 330 g/mol. The second kappa shape index (κ2) is 8.44. The molecule has 0 aliphatic heterocycles. The largest absolute Gasteiger partial charge is 0.483 e. The van der Waals surface area contributed by atoms with Crippen molar-refractivity contribution in [2.75, 3.05) is 24.2 Å². The molecule has 2 heterocycles. The van der Waals surface area contributed by atoms with Crippen molar-refractivity contribution in [1.82, 2.24) is 20.2 Å². The minimum atomic E-state index is -0.250. The molecular formula is C15H18N6O3. The van der Waals surface area contributed by atoms with Gasteiger partial charge < -0.3 is 21.3 Å². The molecule has 6 N–H and O–H groups in total. The molecule has 3 aromatic rings. The van der Waals surface area contributed by atoms with Crippen molar-refractivity contribution in [2.24, 2.45) is 0 Å². The average Bonchev–Trinajstić information content (AvgIpc) is 3.09. The summed E-state index contributed by atoms with van der Waals surface area (Å²) >= 11 is 0. The number of aromatic nitrogens is 4. The molecule has 0 saturated heterocycles. The van der Waals surface area contributed by atoms with Gasteiger partial charge in [0.15, 0.2) is 0 Å². The predicted octanol–water partition coefficient (Wildman–Crippen LogP) is 1.10. The van der Waals surface area contributed by atoms with Crippen LogP contribution < -0.4 is 11.1 Å². The van der Waals surface area contributed by atoms with Gasteiger partial charge in [0.25, 0.3) is 6.47 Å². The summed E-state index contributed by atoms with van der Waals surface area (Å²) in [6, 6.07) is 7.77. The van der Waals surface area contributed by atoms with Crippen molar-refractivity contribution in [1.29, 1.82) is 0 Å². The van der Waals surface area contributed by atoms with Crippen LogP contribution in [0, 0.1) is 0 Å². The Morgan fingerprint density at radius 3 is 2.75 bits per heavy atom. The molecule has 0 unspecified atom stereocenters. The lowest BCUT2D eigenvalue weighted by Gasteiger charge is -2.09. The van der Waals surface area contributed by atoms with Gasteiger partial charge in [0, 0.05) is 30.3 Å². The van der Waals surface area contributed by atoms with Gasteiger partial charge in [0.1, 0.15) is 5.82 Å². The van der Waals surface area contributed by atoms with Crippen molar-refractivity contribution in [2.45, 2.75) is 6.42 Å². The van der Waals surface area contributed by atoms with Crippen molar-refractivity contribution < 1.29 is 15.0 Å². The molecular weight excluding hydrogens is 312 g/mol. The number of aliphatic hydroxyl groups excluding tert-OH is 1.